The van der Waals surface area contributed by atoms with Crippen LogP contribution in [0, 0.1) is 13.8 Å². The molecule has 0 saturated heterocycles. The molecule has 3 aromatic heterocycles. The van der Waals surface area contributed by atoms with Gasteiger partial charge in [0, 0.05) is 28.2 Å². The molecule has 0 aliphatic rings. The number of nitrogens with zero attached hydrogens (tertiary/aromatic N) is 2. The number of aromatic amines is 1. The molecule has 0 spiro atoms. The number of hydrogen-bond acceptors (Lipinski definition) is 4. The second kappa shape index (κ2) is 5.42. The molecule has 0 atom stereocenters. The molecule has 22 heavy (non-hydrogen) atoms. The fourth-order valence-corrected chi connectivity index (χ4v) is 3.38. The van der Waals surface area contributed by atoms with E-state index in [2.05, 4.69) is 10.1 Å². The minimum absolute atomic E-state index is 0.0820. The number of aromatic nitrogens is 3. The number of hydrogen-bond donors (Lipinski definition) is 2. The van der Waals surface area contributed by atoms with Crippen LogP contribution in [0.1, 0.15) is 23.4 Å². The highest BCUT2D eigenvalue weighted by atomic mass is 32.1. The third kappa shape index (κ3) is 2.33. The van der Waals surface area contributed by atoms with Gasteiger partial charge in [0.15, 0.2) is 5.65 Å². The van der Waals surface area contributed by atoms with Crippen molar-refractivity contribution in [1.29, 1.82) is 0 Å². The largest absolute Gasteiger partial charge is 0.481 e. The number of H-pyrrole nitrogens is 1. The standard InChI is InChI=1S/C15H15N3O3S/c1-8-10(5-6-12(19)20)15(21)18-14(16-8)13(9(2)17-18)11-4-3-7-22-11/h3-4,7,17H,5-6H2,1-2H3,(H,19,20). The zero-order valence-electron chi connectivity index (χ0n) is 12.2. The Morgan fingerprint density at radius 1 is 1.45 bits per heavy atom. The normalized spacial score (nSPS) is 11.2. The van der Waals surface area contributed by atoms with E-state index in [1.165, 1.54) is 4.52 Å². The maximum absolute atomic E-state index is 12.6. The Morgan fingerprint density at radius 2 is 2.23 bits per heavy atom. The lowest BCUT2D eigenvalue weighted by atomic mass is 10.1. The van der Waals surface area contributed by atoms with Gasteiger partial charge in [-0.2, -0.15) is 0 Å². The SMILES string of the molecule is Cc1nc2c(-c3cccs3)c(C)[nH]n2c(=O)c1CCC(=O)O. The van der Waals surface area contributed by atoms with Gasteiger partial charge in [0.05, 0.1) is 5.56 Å². The van der Waals surface area contributed by atoms with Crippen molar-refractivity contribution < 1.29 is 9.90 Å². The lowest BCUT2D eigenvalue weighted by Crippen LogP contribution is -2.22. The summed E-state index contributed by atoms with van der Waals surface area (Å²) in [7, 11) is 0. The van der Waals surface area contributed by atoms with Gasteiger partial charge >= 0.3 is 5.97 Å². The third-order valence-corrected chi connectivity index (χ3v) is 4.51. The summed E-state index contributed by atoms with van der Waals surface area (Å²) in [6.07, 6.45) is 0.101. The van der Waals surface area contributed by atoms with Gasteiger partial charge < -0.3 is 5.11 Å². The van der Waals surface area contributed by atoms with Gasteiger partial charge in [0.2, 0.25) is 0 Å². The first-order valence-electron chi connectivity index (χ1n) is 6.85. The van der Waals surface area contributed by atoms with Crippen LogP contribution in [0.4, 0.5) is 0 Å². The lowest BCUT2D eigenvalue weighted by Gasteiger charge is -2.04. The molecule has 6 nitrogen and oxygen atoms in total. The number of aliphatic carboxylic acids is 1. The van der Waals surface area contributed by atoms with Crippen LogP contribution in [0.2, 0.25) is 0 Å². The summed E-state index contributed by atoms with van der Waals surface area (Å²) in [5, 5.41) is 13.8. The first-order chi connectivity index (χ1) is 10.5. The Bertz CT molecular complexity index is 906. The minimum Gasteiger partial charge on any atom is -0.481 e. The molecule has 0 unspecified atom stereocenters. The van der Waals surface area contributed by atoms with Gasteiger partial charge in [0.1, 0.15) is 0 Å². The number of aryl methyl sites for hydroxylation is 2. The fraction of sp³-hybridized carbons (Fsp3) is 0.267. The number of thiophene rings is 1. The molecule has 0 radical (unpaired) electrons. The zero-order valence-corrected chi connectivity index (χ0v) is 13.0. The van der Waals surface area contributed by atoms with Gasteiger partial charge in [-0.25, -0.2) is 9.50 Å². The minimum atomic E-state index is -0.925. The van der Waals surface area contributed by atoms with Crippen molar-refractivity contribution in [3.05, 3.63) is 44.8 Å². The summed E-state index contributed by atoms with van der Waals surface area (Å²) >= 11 is 1.59. The molecule has 0 bridgehead atoms. The first-order valence-corrected chi connectivity index (χ1v) is 7.73. The van der Waals surface area contributed by atoms with Crippen LogP contribution >= 0.6 is 11.3 Å². The molecule has 3 heterocycles. The summed E-state index contributed by atoms with van der Waals surface area (Å²) < 4.78 is 1.41. The van der Waals surface area contributed by atoms with Crippen LogP contribution in [0.5, 0.6) is 0 Å². The van der Waals surface area contributed by atoms with Crippen LogP contribution < -0.4 is 5.56 Å². The summed E-state index contributed by atoms with van der Waals surface area (Å²) in [6.45, 7) is 3.65. The maximum atomic E-state index is 12.6. The highest BCUT2D eigenvalue weighted by Gasteiger charge is 2.18. The van der Waals surface area contributed by atoms with E-state index in [0.717, 1.165) is 16.1 Å². The summed E-state index contributed by atoms with van der Waals surface area (Å²) in [5.41, 5.74) is 3.17. The van der Waals surface area contributed by atoms with Gasteiger partial charge in [-0.05, 0) is 31.7 Å². The Balaban J connectivity index is 2.22. The predicted octanol–water partition coefficient (Wildman–Crippen LogP) is 2.39. The number of rotatable bonds is 4. The van der Waals surface area contributed by atoms with Crippen molar-refractivity contribution in [2.24, 2.45) is 0 Å². The Hall–Kier alpha value is -2.41. The molecule has 7 heteroatoms. The molecule has 0 aliphatic carbocycles. The van der Waals surface area contributed by atoms with Crippen molar-refractivity contribution in [2.45, 2.75) is 26.7 Å². The van der Waals surface area contributed by atoms with Crippen molar-refractivity contribution in [1.82, 2.24) is 14.6 Å². The molecule has 0 amide bonds. The molecular weight excluding hydrogens is 302 g/mol. The van der Waals surface area contributed by atoms with E-state index in [-0.39, 0.29) is 18.4 Å². The molecule has 3 rings (SSSR count). The van der Waals surface area contributed by atoms with Crippen molar-refractivity contribution in [3.63, 3.8) is 0 Å². The van der Waals surface area contributed by atoms with Crippen molar-refractivity contribution in [3.8, 4) is 10.4 Å². The quantitative estimate of drug-likeness (QED) is 0.773. The average molecular weight is 317 g/mol. The monoisotopic (exact) mass is 317 g/mol. The molecule has 0 aromatic carbocycles. The number of carbonyl (C=O) groups is 1. The van der Waals surface area contributed by atoms with Gasteiger partial charge in [-0.1, -0.05) is 6.07 Å². The van der Waals surface area contributed by atoms with Crippen molar-refractivity contribution in [2.75, 3.05) is 0 Å². The Kier molecular flexibility index (Phi) is 3.58. The van der Waals surface area contributed by atoms with E-state index in [1.807, 2.05) is 24.4 Å². The molecule has 2 N–H and O–H groups in total. The molecule has 3 aromatic rings. The van der Waals surface area contributed by atoms with E-state index in [9.17, 15) is 9.59 Å². The van der Waals surface area contributed by atoms with E-state index >= 15 is 0 Å². The van der Waals surface area contributed by atoms with E-state index in [1.54, 1.807) is 18.3 Å². The second-order valence-electron chi connectivity index (χ2n) is 5.12. The van der Waals surface area contributed by atoms with Gasteiger partial charge in [-0.15, -0.1) is 11.3 Å². The highest BCUT2D eigenvalue weighted by molar-refractivity contribution is 7.13. The maximum Gasteiger partial charge on any atom is 0.303 e. The Morgan fingerprint density at radius 3 is 2.86 bits per heavy atom. The topological polar surface area (TPSA) is 87.5 Å². The lowest BCUT2D eigenvalue weighted by molar-refractivity contribution is -0.136. The summed E-state index contributed by atoms with van der Waals surface area (Å²) in [5.74, 6) is -0.925. The van der Waals surface area contributed by atoms with E-state index in [4.69, 9.17) is 5.11 Å². The van der Waals surface area contributed by atoms with E-state index < -0.39 is 5.97 Å². The van der Waals surface area contributed by atoms with Gasteiger partial charge in [-0.3, -0.25) is 14.7 Å². The van der Waals surface area contributed by atoms with Crippen LogP contribution in [-0.4, -0.2) is 25.7 Å². The average Bonchev–Trinajstić information content (AvgIpc) is 3.05. The molecular formula is C15H15N3O3S. The first kappa shape index (κ1) is 14.5. The summed E-state index contributed by atoms with van der Waals surface area (Å²) in [6, 6.07) is 3.94. The molecule has 114 valence electrons. The van der Waals surface area contributed by atoms with Gasteiger partial charge in [0.25, 0.3) is 5.56 Å². The smallest absolute Gasteiger partial charge is 0.303 e. The molecule has 0 aliphatic heterocycles. The molecule has 0 saturated carbocycles. The zero-order chi connectivity index (χ0) is 15.9. The van der Waals surface area contributed by atoms with Crippen LogP contribution in [0.3, 0.4) is 0 Å². The fourth-order valence-electron chi connectivity index (χ4n) is 2.56. The third-order valence-electron chi connectivity index (χ3n) is 3.62. The van der Waals surface area contributed by atoms with Crippen LogP contribution in [0.15, 0.2) is 22.3 Å². The van der Waals surface area contributed by atoms with E-state index in [0.29, 0.717) is 16.9 Å². The number of nitrogens with one attached hydrogen (secondary N) is 1. The number of carboxylic acid groups (broad SMARTS) is 1. The van der Waals surface area contributed by atoms with Crippen molar-refractivity contribution >= 4 is 23.0 Å². The Labute approximate surface area is 130 Å². The predicted molar refractivity (Wildman–Crippen MR) is 84.6 cm³/mol. The van der Waals surface area contributed by atoms with Crippen LogP contribution in [-0.2, 0) is 11.2 Å². The number of fused-ring (bicyclic) bond motifs is 1. The highest BCUT2D eigenvalue weighted by Crippen LogP contribution is 2.30. The van der Waals surface area contributed by atoms with Crippen LogP contribution in [0.25, 0.3) is 16.1 Å². The summed E-state index contributed by atoms with van der Waals surface area (Å²) in [4.78, 5) is 28.9. The number of carboxylic acids is 1. The molecule has 0 fully saturated rings. The second-order valence-corrected chi connectivity index (χ2v) is 6.07.